The third-order valence-corrected chi connectivity index (χ3v) is 3.71. The van der Waals surface area contributed by atoms with Crippen molar-refractivity contribution in [2.75, 3.05) is 13.1 Å². The van der Waals surface area contributed by atoms with Crippen molar-refractivity contribution in [1.82, 2.24) is 9.80 Å². The summed E-state index contributed by atoms with van der Waals surface area (Å²) in [6, 6.07) is -0.474. The zero-order chi connectivity index (χ0) is 17.1. The van der Waals surface area contributed by atoms with Crippen LogP contribution in [0.2, 0.25) is 0 Å². The summed E-state index contributed by atoms with van der Waals surface area (Å²) in [5.74, 6) is -0.0777. The number of likely N-dealkylation sites (tertiary alicyclic amines) is 1. The Balaban J connectivity index is 2.77. The highest BCUT2D eigenvalue weighted by atomic mass is 16.6. The first-order valence-electron chi connectivity index (χ1n) is 8.08. The van der Waals surface area contributed by atoms with Crippen LogP contribution in [0.5, 0.6) is 0 Å². The van der Waals surface area contributed by atoms with Crippen LogP contribution < -0.4 is 5.73 Å². The zero-order valence-electron chi connectivity index (χ0n) is 14.8. The third-order valence-electron chi connectivity index (χ3n) is 3.71. The molecule has 0 bridgehead atoms. The Morgan fingerprint density at radius 1 is 1.32 bits per heavy atom. The summed E-state index contributed by atoms with van der Waals surface area (Å²) in [6.07, 6.45) is 1.52. The van der Waals surface area contributed by atoms with Crippen LogP contribution in [0.1, 0.15) is 54.4 Å². The zero-order valence-corrected chi connectivity index (χ0v) is 14.8. The van der Waals surface area contributed by atoms with Crippen molar-refractivity contribution in [2.24, 2.45) is 5.73 Å². The summed E-state index contributed by atoms with van der Waals surface area (Å²) >= 11 is 0. The summed E-state index contributed by atoms with van der Waals surface area (Å²) in [7, 11) is 0. The molecule has 1 saturated heterocycles. The Labute approximate surface area is 134 Å². The summed E-state index contributed by atoms with van der Waals surface area (Å²) in [4.78, 5) is 28.1. The fourth-order valence-electron chi connectivity index (χ4n) is 2.63. The molecule has 1 aliphatic rings. The molecule has 2 atom stereocenters. The molecule has 0 spiro atoms. The van der Waals surface area contributed by atoms with E-state index in [-0.39, 0.29) is 24.1 Å². The van der Waals surface area contributed by atoms with Crippen LogP contribution in [0.4, 0.5) is 4.79 Å². The minimum Gasteiger partial charge on any atom is -0.444 e. The summed E-state index contributed by atoms with van der Waals surface area (Å²) < 4.78 is 5.46. The van der Waals surface area contributed by atoms with Gasteiger partial charge in [-0.15, -0.1) is 0 Å². The van der Waals surface area contributed by atoms with E-state index in [2.05, 4.69) is 0 Å². The monoisotopic (exact) mass is 313 g/mol. The van der Waals surface area contributed by atoms with Crippen molar-refractivity contribution in [3.05, 3.63) is 0 Å². The van der Waals surface area contributed by atoms with E-state index in [4.69, 9.17) is 10.5 Å². The predicted molar refractivity (Wildman–Crippen MR) is 86.5 cm³/mol. The second-order valence-corrected chi connectivity index (χ2v) is 7.34. The predicted octanol–water partition coefficient (Wildman–Crippen LogP) is 1.97. The largest absolute Gasteiger partial charge is 0.444 e. The first kappa shape index (κ1) is 18.7. The maximum Gasteiger partial charge on any atom is 0.410 e. The van der Waals surface area contributed by atoms with Gasteiger partial charge in [0, 0.05) is 19.1 Å². The van der Waals surface area contributed by atoms with E-state index in [0.29, 0.717) is 13.1 Å². The van der Waals surface area contributed by atoms with Gasteiger partial charge in [0.1, 0.15) is 5.60 Å². The lowest BCUT2D eigenvalue weighted by Crippen LogP contribution is -2.52. The van der Waals surface area contributed by atoms with Crippen LogP contribution in [0.15, 0.2) is 0 Å². The van der Waals surface area contributed by atoms with Gasteiger partial charge in [-0.3, -0.25) is 4.79 Å². The highest BCUT2D eigenvalue weighted by molar-refractivity contribution is 5.81. The molecule has 6 heteroatoms. The quantitative estimate of drug-likeness (QED) is 0.861. The van der Waals surface area contributed by atoms with Gasteiger partial charge in [-0.05, 0) is 54.4 Å². The molecule has 1 heterocycles. The second-order valence-electron chi connectivity index (χ2n) is 7.34. The molecule has 0 aromatic carbocycles. The summed E-state index contributed by atoms with van der Waals surface area (Å²) in [6.45, 7) is 12.4. The average Bonchev–Trinajstić information content (AvgIpc) is 2.80. The molecule has 1 fully saturated rings. The number of nitrogens with two attached hydrogens (primary N) is 1. The van der Waals surface area contributed by atoms with Gasteiger partial charge in [0.2, 0.25) is 5.91 Å². The van der Waals surface area contributed by atoms with E-state index in [1.54, 1.807) is 16.7 Å². The maximum absolute atomic E-state index is 12.3. The second kappa shape index (κ2) is 7.31. The number of carbonyl (C=O) groups is 2. The van der Waals surface area contributed by atoms with Crippen LogP contribution in [-0.2, 0) is 9.53 Å². The van der Waals surface area contributed by atoms with Gasteiger partial charge < -0.3 is 20.3 Å². The van der Waals surface area contributed by atoms with Crippen molar-refractivity contribution in [1.29, 1.82) is 0 Å². The van der Waals surface area contributed by atoms with Gasteiger partial charge in [0.15, 0.2) is 0 Å². The van der Waals surface area contributed by atoms with E-state index in [9.17, 15) is 9.59 Å². The molecule has 0 aromatic rings. The molecule has 0 aliphatic carbocycles. The highest BCUT2D eigenvalue weighted by Crippen LogP contribution is 2.22. The van der Waals surface area contributed by atoms with Crippen LogP contribution in [0, 0.1) is 0 Å². The normalized spacial score (nSPS) is 20.2. The molecule has 1 aliphatic heterocycles. The highest BCUT2D eigenvalue weighted by Gasteiger charge is 2.35. The topological polar surface area (TPSA) is 75.9 Å². The fraction of sp³-hybridized carbons (Fsp3) is 0.875. The molecule has 2 amide bonds. The Morgan fingerprint density at radius 2 is 1.91 bits per heavy atom. The maximum atomic E-state index is 12.3. The van der Waals surface area contributed by atoms with Gasteiger partial charge in [-0.2, -0.15) is 0 Å². The summed E-state index contributed by atoms with van der Waals surface area (Å²) in [5.41, 5.74) is 5.22. The molecule has 1 rings (SSSR count). The number of nitrogens with zero attached hydrogens (tertiary/aromatic N) is 2. The smallest absolute Gasteiger partial charge is 0.410 e. The standard InChI is InChI=1S/C16H31N3O3/c1-11(2)19(14(20)12(3)17)10-13-8-7-9-18(13)15(21)22-16(4,5)6/h11-13H,7-10,17H2,1-6H3/t12-,13-/m0/s1. The molecular formula is C16H31N3O3. The molecule has 128 valence electrons. The van der Waals surface area contributed by atoms with E-state index in [1.807, 2.05) is 34.6 Å². The number of carbonyl (C=O) groups excluding carboxylic acids is 2. The third kappa shape index (κ3) is 5.16. The number of hydrogen-bond acceptors (Lipinski definition) is 4. The van der Waals surface area contributed by atoms with E-state index < -0.39 is 11.6 Å². The first-order valence-corrected chi connectivity index (χ1v) is 8.08. The molecule has 0 aromatic heterocycles. The molecule has 0 saturated carbocycles. The molecule has 0 radical (unpaired) electrons. The van der Waals surface area contributed by atoms with Crippen molar-refractivity contribution in [2.45, 2.75) is 78.1 Å². The van der Waals surface area contributed by atoms with Crippen molar-refractivity contribution < 1.29 is 14.3 Å². The van der Waals surface area contributed by atoms with Crippen LogP contribution >= 0.6 is 0 Å². The first-order chi connectivity index (χ1) is 10.0. The lowest BCUT2D eigenvalue weighted by molar-refractivity contribution is -0.134. The summed E-state index contributed by atoms with van der Waals surface area (Å²) in [5, 5.41) is 0. The van der Waals surface area contributed by atoms with E-state index >= 15 is 0 Å². The lowest BCUT2D eigenvalue weighted by atomic mass is 10.1. The van der Waals surface area contributed by atoms with Crippen molar-refractivity contribution >= 4 is 12.0 Å². The fourth-order valence-corrected chi connectivity index (χ4v) is 2.63. The van der Waals surface area contributed by atoms with Gasteiger partial charge in [-0.1, -0.05) is 0 Å². The van der Waals surface area contributed by atoms with Crippen molar-refractivity contribution in [3.8, 4) is 0 Å². The van der Waals surface area contributed by atoms with Gasteiger partial charge >= 0.3 is 6.09 Å². The number of ether oxygens (including phenoxy) is 1. The lowest BCUT2D eigenvalue weighted by Gasteiger charge is -2.35. The molecule has 22 heavy (non-hydrogen) atoms. The van der Waals surface area contributed by atoms with Gasteiger partial charge in [0.05, 0.1) is 12.1 Å². The molecule has 0 unspecified atom stereocenters. The minimum atomic E-state index is -0.529. The number of hydrogen-bond donors (Lipinski definition) is 1. The number of rotatable bonds is 4. The molecule has 2 N–H and O–H groups in total. The van der Waals surface area contributed by atoms with Crippen LogP contribution in [0.25, 0.3) is 0 Å². The number of amides is 2. The average molecular weight is 313 g/mol. The van der Waals surface area contributed by atoms with Crippen LogP contribution in [0.3, 0.4) is 0 Å². The van der Waals surface area contributed by atoms with Crippen molar-refractivity contribution in [3.63, 3.8) is 0 Å². The Kier molecular flexibility index (Phi) is 6.23. The van der Waals surface area contributed by atoms with Crippen LogP contribution in [-0.4, -0.2) is 58.6 Å². The Bertz CT molecular complexity index is 402. The van der Waals surface area contributed by atoms with E-state index in [0.717, 1.165) is 12.8 Å². The van der Waals surface area contributed by atoms with Gasteiger partial charge in [0.25, 0.3) is 0 Å². The van der Waals surface area contributed by atoms with E-state index in [1.165, 1.54) is 0 Å². The Hall–Kier alpha value is -1.30. The Morgan fingerprint density at radius 3 is 2.36 bits per heavy atom. The SMILES string of the molecule is CC(C)N(C[C@@H]1CCCN1C(=O)OC(C)(C)C)C(=O)[C@H](C)N. The molecule has 6 nitrogen and oxygen atoms in total. The minimum absolute atomic E-state index is 0.0000463. The van der Waals surface area contributed by atoms with Gasteiger partial charge in [-0.25, -0.2) is 4.79 Å². The molecular weight excluding hydrogens is 282 g/mol.